The number of nitrogens with zero attached hydrogens (tertiary/aromatic N) is 3. The lowest BCUT2D eigenvalue weighted by Crippen LogP contribution is -2.55. The summed E-state index contributed by atoms with van der Waals surface area (Å²) in [5.41, 5.74) is 4.69. The highest BCUT2D eigenvalue weighted by molar-refractivity contribution is 7.89. The van der Waals surface area contributed by atoms with Crippen LogP contribution in [0.4, 0.5) is 5.69 Å². The lowest BCUT2D eigenvalue weighted by atomic mass is 9.93. The van der Waals surface area contributed by atoms with Crippen LogP contribution in [0.3, 0.4) is 0 Å². The van der Waals surface area contributed by atoms with E-state index in [1.807, 2.05) is 18.2 Å². The Hall–Kier alpha value is -6.96. The van der Waals surface area contributed by atoms with Crippen LogP contribution in [-0.4, -0.2) is 53.3 Å². The molecule has 0 bridgehead atoms. The Morgan fingerprint density at radius 1 is 0.891 bits per heavy atom. The third kappa shape index (κ3) is 9.36. The van der Waals surface area contributed by atoms with Crippen molar-refractivity contribution in [1.29, 1.82) is 5.26 Å². The average Bonchev–Trinajstić information content (AvgIpc) is 3.30. The molecule has 0 saturated heterocycles. The number of hydrogen-bond donors (Lipinski definition) is 2. The second-order valence-electron chi connectivity index (χ2n) is 15.1. The molecule has 0 spiro atoms. The van der Waals surface area contributed by atoms with Crippen LogP contribution in [0.2, 0.25) is 10.0 Å². The van der Waals surface area contributed by atoms with Gasteiger partial charge in [0.2, 0.25) is 5.91 Å². The minimum absolute atomic E-state index is 0.131. The molecule has 0 fully saturated rings. The molecule has 0 aliphatic carbocycles. The minimum atomic E-state index is -4.76. The molecule has 14 nitrogen and oxygen atoms in total. The van der Waals surface area contributed by atoms with Gasteiger partial charge in [-0.05, 0) is 100.0 Å². The normalized spacial score (nSPS) is 16.1. The summed E-state index contributed by atoms with van der Waals surface area (Å²) in [6.45, 7) is -0.00329. The van der Waals surface area contributed by atoms with Crippen LogP contribution >= 0.6 is 23.2 Å². The number of carbonyl (C=O) groups is 2. The quantitative estimate of drug-likeness (QED) is 0.0832. The fraction of sp³-hybridized carbons (Fsp3) is 0.170. The van der Waals surface area contributed by atoms with Crippen molar-refractivity contribution in [3.05, 3.63) is 181 Å². The van der Waals surface area contributed by atoms with Crippen LogP contribution in [0.5, 0.6) is 17.2 Å². The first kappa shape index (κ1) is 43.7. The van der Waals surface area contributed by atoms with E-state index < -0.39 is 62.1 Å². The summed E-state index contributed by atoms with van der Waals surface area (Å²) in [4.78, 5) is 37.5. The Kier molecular flexibility index (Phi) is 12.6. The van der Waals surface area contributed by atoms with Gasteiger partial charge in [-0.25, -0.2) is 13.2 Å². The summed E-state index contributed by atoms with van der Waals surface area (Å²) in [6, 6.07) is 33.7. The number of fused-ring (bicyclic) bond motifs is 2. The zero-order chi connectivity index (χ0) is 45.1. The summed E-state index contributed by atoms with van der Waals surface area (Å²) < 4.78 is 48.3. The van der Waals surface area contributed by atoms with Crippen LogP contribution in [0.15, 0.2) is 132 Å². The van der Waals surface area contributed by atoms with Crippen molar-refractivity contribution in [1.82, 2.24) is 9.62 Å². The zero-order valence-electron chi connectivity index (χ0n) is 33.5. The molecule has 6 aromatic rings. The van der Waals surface area contributed by atoms with Crippen molar-refractivity contribution in [3.63, 3.8) is 0 Å². The molecule has 0 aromatic heterocycles. The third-order valence-corrected chi connectivity index (χ3v) is 13.6. The molecule has 1 amide bonds. The van der Waals surface area contributed by atoms with E-state index in [0.717, 1.165) is 38.7 Å². The molecule has 8 rings (SSSR count). The number of benzene rings is 6. The number of hydrogen-bond acceptors (Lipinski definition) is 10. The average molecular weight is 920 g/mol. The number of rotatable bonds is 13. The summed E-state index contributed by atoms with van der Waals surface area (Å²) in [5.74, 6) is -0.984. The number of carboxylic acid groups (broad SMARTS) is 1. The van der Waals surface area contributed by atoms with E-state index in [1.165, 1.54) is 12.1 Å². The van der Waals surface area contributed by atoms with Gasteiger partial charge in [-0.2, -0.15) is 9.57 Å². The monoisotopic (exact) mass is 918 g/mol. The number of amides is 1. The summed E-state index contributed by atoms with van der Waals surface area (Å²) in [6.07, 6.45) is -0.900. The first-order valence-corrected chi connectivity index (χ1v) is 22.0. The lowest BCUT2D eigenvalue weighted by molar-refractivity contribution is -0.387. The molecule has 0 unspecified atom stereocenters. The fourth-order valence-electron chi connectivity index (χ4n) is 7.57. The highest BCUT2D eigenvalue weighted by Crippen LogP contribution is 2.42. The van der Waals surface area contributed by atoms with Gasteiger partial charge in [0.05, 0.1) is 26.6 Å². The second-order valence-corrected chi connectivity index (χ2v) is 17.7. The Balaban J connectivity index is 1.03. The number of halogens is 2. The van der Waals surface area contributed by atoms with Gasteiger partial charge in [-0.1, -0.05) is 89.9 Å². The predicted octanol–water partition coefficient (Wildman–Crippen LogP) is 8.46. The standard InChI is InChI=1S/C47H36Cl2N4O10S/c48-37-18-9-30(19-38(37)49)26-61-36-16-14-33(15-17-36)44-27-62-42-22-34-21-41(52(25-35(34)23-43(42)63-44)64(59,60)45-4-2-1-3-40(45)53(57)58)46(54)51-39(47(55)56)20-28-5-10-31(11-6-28)32-12-7-29(24-50)8-13-32/h1-19,22-23,39,41,44H,20-21,25-27H2,(H,51,54)(H,55,56)/t39-,41-,44+/m0/s1. The Bertz CT molecular complexity index is 2930. The number of carbonyl (C=O) groups excluding carboxylic acids is 1. The molecular formula is C47H36Cl2N4O10S. The number of carboxylic acids is 1. The summed E-state index contributed by atoms with van der Waals surface area (Å²) in [5, 5.41) is 34.8. The van der Waals surface area contributed by atoms with Gasteiger partial charge in [-0.15, -0.1) is 0 Å². The molecule has 0 radical (unpaired) electrons. The van der Waals surface area contributed by atoms with E-state index in [-0.39, 0.29) is 26.1 Å². The van der Waals surface area contributed by atoms with Gasteiger partial charge in [-0.3, -0.25) is 14.9 Å². The number of nitriles is 1. The molecule has 2 heterocycles. The Morgan fingerprint density at radius 3 is 2.23 bits per heavy atom. The molecule has 17 heteroatoms. The van der Waals surface area contributed by atoms with Gasteiger partial charge in [0, 0.05) is 19.0 Å². The highest BCUT2D eigenvalue weighted by Gasteiger charge is 2.43. The van der Waals surface area contributed by atoms with Crippen molar-refractivity contribution in [2.75, 3.05) is 6.61 Å². The molecule has 64 heavy (non-hydrogen) atoms. The van der Waals surface area contributed by atoms with Gasteiger partial charge in [0.25, 0.3) is 15.7 Å². The van der Waals surface area contributed by atoms with Crippen molar-refractivity contribution in [2.45, 2.75) is 49.1 Å². The van der Waals surface area contributed by atoms with Crippen LogP contribution in [-0.2, 0) is 45.6 Å². The number of nitro benzene ring substituents is 1. The maximum absolute atomic E-state index is 14.5. The molecular weight excluding hydrogens is 884 g/mol. The molecule has 6 aromatic carbocycles. The van der Waals surface area contributed by atoms with Crippen LogP contribution < -0.4 is 19.5 Å². The topological polar surface area (TPSA) is 198 Å². The van der Waals surface area contributed by atoms with Crippen LogP contribution in [0.1, 0.15) is 39.5 Å². The van der Waals surface area contributed by atoms with E-state index in [1.54, 1.807) is 84.9 Å². The molecule has 324 valence electrons. The fourth-order valence-corrected chi connectivity index (χ4v) is 9.61. The minimum Gasteiger partial charge on any atom is -0.489 e. The lowest BCUT2D eigenvalue weighted by Gasteiger charge is -2.36. The van der Waals surface area contributed by atoms with Gasteiger partial charge < -0.3 is 24.6 Å². The van der Waals surface area contributed by atoms with Crippen molar-refractivity contribution >= 4 is 50.8 Å². The molecule has 2 N–H and O–H groups in total. The number of nitrogens with one attached hydrogen (secondary N) is 1. The Labute approximate surface area is 377 Å². The second kappa shape index (κ2) is 18.4. The van der Waals surface area contributed by atoms with E-state index in [9.17, 15) is 33.2 Å². The van der Waals surface area contributed by atoms with Gasteiger partial charge in [0.15, 0.2) is 22.5 Å². The zero-order valence-corrected chi connectivity index (χ0v) is 35.8. The summed E-state index contributed by atoms with van der Waals surface area (Å²) >= 11 is 12.2. The van der Waals surface area contributed by atoms with Crippen LogP contribution in [0.25, 0.3) is 11.1 Å². The van der Waals surface area contributed by atoms with Crippen LogP contribution in [0, 0.1) is 21.4 Å². The largest absolute Gasteiger partial charge is 0.489 e. The van der Waals surface area contributed by atoms with Crippen molar-refractivity contribution in [2.24, 2.45) is 0 Å². The number of ether oxygens (including phenoxy) is 3. The van der Waals surface area contributed by atoms with E-state index in [4.69, 9.17) is 42.7 Å². The third-order valence-electron chi connectivity index (χ3n) is 11.0. The predicted molar refractivity (Wildman–Crippen MR) is 236 cm³/mol. The highest BCUT2D eigenvalue weighted by atomic mass is 35.5. The molecule has 3 atom stereocenters. The molecule has 0 saturated carbocycles. The van der Waals surface area contributed by atoms with E-state index in [0.29, 0.717) is 49.5 Å². The number of aliphatic carboxylic acids is 1. The molecule has 2 aliphatic rings. The van der Waals surface area contributed by atoms with Crippen molar-refractivity contribution in [3.8, 4) is 34.4 Å². The van der Waals surface area contributed by atoms with Gasteiger partial charge >= 0.3 is 5.97 Å². The first-order valence-electron chi connectivity index (χ1n) is 19.8. The number of sulfonamides is 1. The summed E-state index contributed by atoms with van der Waals surface area (Å²) in [7, 11) is -4.76. The smallest absolute Gasteiger partial charge is 0.326 e. The number of nitro groups is 1. The van der Waals surface area contributed by atoms with Gasteiger partial charge in [0.1, 0.15) is 31.0 Å². The van der Waals surface area contributed by atoms with E-state index in [2.05, 4.69) is 11.4 Å². The molecule has 2 aliphatic heterocycles. The Morgan fingerprint density at radius 2 is 1.56 bits per heavy atom. The first-order chi connectivity index (χ1) is 30.8. The van der Waals surface area contributed by atoms with Crippen molar-refractivity contribution < 1.29 is 42.2 Å². The SMILES string of the molecule is N#Cc1ccc(-c2ccc(C[C@H](NC(=O)[C@@H]3Cc4cc5c(cc4CN3S(=O)(=O)c3ccccc3[N+](=O)[O-])O[C@@H](c3ccc(OCc4ccc(Cl)c(Cl)c4)cc3)CO5)C(=O)O)cc2)cc1. The number of para-hydroxylation sites is 1. The maximum Gasteiger partial charge on any atom is 0.326 e. The maximum atomic E-state index is 14.5. The van der Waals surface area contributed by atoms with E-state index >= 15 is 0 Å².